The van der Waals surface area contributed by atoms with Crippen molar-refractivity contribution in [3.63, 3.8) is 0 Å². The third-order valence-corrected chi connectivity index (χ3v) is 4.20. The quantitative estimate of drug-likeness (QED) is 0.601. The number of nitrogens with one attached hydrogen (secondary N) is 1. The van der Waals surface area contributed by atoms with Crippen molar-refractivity contribution in [3.8, 4) is 11.1 Å². The van der Waals surface area contributed by atoms with E-state index in [2.05, 4.69) is 20.9 Å². The molecule has 5 nitrogen and oxygen atoms in total. The topological polar surface area (TPSA) is 102 Å². The summed E-state index contributed by atoms with van der Waals surface area (Å²) in [6, 6.07) is 16.0. The average molecular weight is 384 g/mol. The highest BCUT2D eigenvalue weighted by molar-refractivity contribution is 9.10. The monoisotopic (exact) mass is 383 g/mol. The lowest BCUT2D eigenvalue weighted by Gasteiger charge is -2.06. The van der Waals surface area contributed by atoms with Gasteiger partial charge in [0.05, 0.1) is 11.3 Å². The number of rotatable bonds is 4. The van der Waals surface area contributed by atoms with Gasteiger partial charge in [-0.25, -0.2) is 0 Å². The fraction of sp³-hybridized carbons (Fsp3) is 0. The van der Waals surface area contributed by atoms with Gasteiger partial charge in [0.25, 0.3) is 5.91 Å². The molecule has 24 heavy (non-hydrogen) atoms. The summed E-state index contributed by atoms with van der Waals surface area (Å²) in [4.78, 5) is 27.5. The lowest BCUT2D eigenvalue weighted by Crippen LogP contribution is -2.13. The minimum Gasteiger partial charge on any atom is -0.385 e. The summed E-state index contributed by atoms with van der Waals surface area (Å²) in [5, 5.41) is 0. The Morgan fingerprint density at radius 1 is 0.958 bits per heavy atom. The van der Waals surface area contributed by atoms with E-state index in [1.54, 1.807) is 36.4 Å². The van der Waals surface area contributed by atoms with Gasteiger partial charge in [-0.3, -0.25) is 9.59 Å². The van der Waals surface area contributed by atoms with Gasteiger partial charge < -0.3 is 16.5 Å². The Bertz CT molecular complexity index is 915. The number of carbonyl (C=O) groups is 2. The molecule has 6 heteroatoms. The van der Waals surface area contributed by atoms with Gasteiger partial charge in [-0.15, -0.1) is 0 Å². The maximum Gasteiger partial charge on any atom is 0.253 e. The molecular formula is C18H14BrN3O2. The second kappa shape index (κ2) is 6.33. The van der Waals surface area contributed by atoms with Gasteiger partial charge in [-0.1, -0.05) is 58.4 Å². The summed E-state index contributed by atoms with van der Waals surface area (Å²) in [5.41, 5.74) is 13.3. The van der Waals surface area contributed by atoms with E-state index in [-0.39, 0.29) is 22.9 Å². The van der Waals surface area contributed by atoms with Crippen LogP contribution in [0.5, 0.6) is 0 Å². The molecule has 0 atom stereocenters. The van der Waals surface area contributed by atoms with E-state index in [1.807, 2.05) is 18.2 Å². The van der Waals surface area contributed by atoms with Gasteiger partial charge in [-0.2, -0.15) is 0 Å². The molecule has 0 saturated carbocycles. The summed E-state index contributed by atoms with van der Waals surface area (Å²) in [6.07, 6.45) is 0. The van der Waals surface area contributed by atoms with Crippen LogP contribution in [0.4, 0.5) is 5.82 Å². The van der Waals surface area contributed by atoms with Gasteiger partial charge in [-0.05, 0) is 17.7 Å². The van der Waals surface area contributed by atoms with Crippen LogP contribution in [0.1, 0.15) is 26.4 Å². The summed E-state index contributed by atoms with van der Waals surface area (Å²) in [5.74, 6) is -0.860. The van der Waals surface area contributed by atoms with E-state index in [0.717, 1.165) is 4.47 Å². The van der Waals surface area contributed by atoms with Gasteiger partial charge in [0.15, 0.2) is 0 Å². The number of hydrogen-bond acceptors (Lipinski definition) is 3. The predicted molar refractivity (Wildman–Crippen MR) is 96.7 cm³/mol. The van der Waals surface area contributed by atoms with E-state index in [1.165, 1.54) is 0 Å². The van der Waals surface area contributed by atoms with Crippen molar-refractivity contribution < 1.29 is 9.59 Å². The van der Waals surface area contributed by atoms with E-state index in [0.29, 0.717) is 16.7 Å². The molecule has 0 aliphatic carbocycles. The van der Waals surface area contributed by atoms with Crippen molar-refractivity contribution in [1.82, 2.24) is 4.98 Å². The minimum atomic E-state index is -0.686. The van der Waals surface area contributed by atoms with Crippen LogP contribution in [0, 0.1) is 0 Å². The minimum absolute atomic E-state index is 0.0831. The largest absolute Gasteiger partial charge is 0.385 e. The highest BCUT2D eigenvalue weighted by atomic mass is 79.9. The Balaban J connectivity index is 2.23. The van der Waals surface area contributed by atoms with Crippen LogP contribution in [0.25, 0.3) is 11.1 Å². The number of benzene rings is 2. The molecule has 0 unspecified atom stereocenters. The molecule has 0 aliphatic rings. The number of primary amides is 1. The number of aromatic nitrogens is 1. The Morgan fingerprint density at radius 3 is 2.17 bits per heavy atom. The van der Waals surface area contributed by atoms with Crippen molar-refractivity contribution in [2.24, 2.45) is 5.73 Å². The number of ketones is 1. The SMILES string of the molecule is NC(=O)c1c(N)[nH]c(C(=O)c2ccccc2)c1-c1ccc(Br)cc1. The standard InChI is InChI=1S/C18H14BrN3O2/c19-12-8-6-10(7-9-12)13-14(18(21)24)17(20)22-15(13)16(23)11-4-2-1-3-5-11/h1-9,22H,20H2,(H2,21,24). The molecule has 1 amide bonds. The van der Waals surface area contributed by atoms with Crippen LogP contribution >= 0.6 is 15.9 Å². The number of nitrogens with two attached hydrogens (primary N) is 2. The summed E-state index contributed by atoms with van der Waals surface area (Å²) >= 11 is 3.36. The van der Waals surface area contributed by atoms with Crippen LogP contribution in [-0.2, 0) is 0 Å². The van der Waals surface area contributed by atoms with Crippen molar-refractivity contribution >= 4 is 33.4 Å². The Labute approximate surface area is 146 Å². The smallest absolute Gasteiger partial charge is 0.253 e. The molecule has 1 aromatic heterocycles. The average Bonchev–Trinajstić information content (AvgIpc) is 2.93. The molecule has 0 spiro atoms. The van der Waals surface area contributed by atoms with Crippen molar-refractivity contribution in [1.29, 1.82) is 0 Å². The molecule has 0 bridgehead atoms. The number of nitrogen functional groups attached to an aromatic ring is 1. The van der Waals surface area contributed by atoms with Crippen LogP contribution in [0.2, 0.25) is 0 Å². The molecule has 0 saturated heterocycles. The number of carbonyl (C=O) groups excluding carboxylic acids is 2. The molecular weight excluding hydrogens is 370 g/mol. The molecule has 3 aromatic rings. The van der Waals surface area contributed by atoms with Crippen LogP contribution < -0.4 is 11.5 Å². The first-order valence-electron chi connectivity index (χ1n) is 7.16. The van der Waals surface area contributed by atoms with Crippen molar-refractivity contribution in [2.75, 3.05) is 5.73 Å². The number of amides is 1. The van der Waals surface area contributed by atoms with Crippen molar-refractivity contribution in [2.45, 2.75) is 0 Å². The zero-order valence-corrected chi connectivity index (χ0v) is 14.1. The highest BCUT2D eigenvalue weighted by Gasteiger charge is 2.25. The molecule has 1 heterocycles. The second-order valence-electron chi connectivity index (χ2n) is 5.23. The van der Waals surface area contributed by atoms with Gasteiger partial charge >= 0.3 is 0 Å². The van der Waals surface area contributed by atoms with Gasteiger partial charge in [0.1, 0.15) is 5.82 Å². The number of halogens is 1. The fourth-order valence-corrected chi connectivity index (χ4v) is 2.85. The molecule has 0 radical (unpaired) electrons. The Morgan fingerprint density at radius 2 is 1.58 bits per heavy atom. The lowest BCUT2D eigenvalue weighted by atomic mass is 9.96. The molecule has 0 aliphatic heterocycles. The Hall–Kier alpha value is -2.86. The van der Waals surface area contributed by atoms with E-state index >= 15 is 0 Å². The van der Waals surface area contributed by atoms with Crippen LogP contribution in [0.15, 0.2) is 59.1 Å². The first-order valence-corrected chi connectivity index (χ1v) is 7.95. The van der Waals surface area contributed by atoms with Crippen LogP contribution in [-0.4, -0.2) is 16.7 Å². The maximum atomic E-state index is 12.8. The van der Waals surface area contributed by atoms with E-state index in [9.17, 15) is 9.59 Å². The summed E-state index contributed by atoms with van der Waals surface area (Å²) in [6.45, 7) is 0. The molecule has 3 rings (SSSR count). The lowest BCUT2D eigenvalue weighted by molar-refractivity contribution is 0.100. The number of hydrogen-bond donors (Lipinski definition) is 3. The molecule has 2 aromatic carbocycles. The van der Waals surface area contributed by atoms with E-state index < -0.39 is 5.91 Å². The number of anilines is 1. The molecule has 0 fully saturated rings. The number of aromatic amines is 1. The molecule has 5 N–H and O–H groups in total. The Kier molecular flexibility index (Phi) is 4.22. The van der Waals surface area contributed by atoms with Gasteiger partial charge in [0.2, 0.25) is 5.78 Å². The zero-order chi connectivity index (χ0) is 17.3. The second-order valence-corrected chi connectivity index (χ2v) is 6.15. The predicted octanol–water partition coefficient (Wildman–Crippen LogP) is 3.36. The zero-order valence-electron chi connectivity index (χ0n) is 12.5. The van der Waals surface area contributed by atoms with Gasteiger partial charge in [0, 0.05) is 15.6 Å². The summed E-state index contributed by atoms with van der Waals surface area (Å²) < 4.78 is 0.881. The van der Waals surface area contributed by atoms with E-state index in [4.69, 9.17) is 11.5 Å². The normalized spacial score (nSPS) is 10.5. The molecule has 120 valence electrons. The third kappa shape index (κ3) is 2.83. The maximum absolute atomic E-state index is 12.8. The van der Waals surface area contributed by atoms with Crippen molar-refractivity contribution in [3.05, 3.63) is 75.9 Å². The first-order chi connectivity index (χ1) is 11.5. The fourth-order valence-electron chi connectivity index (χ4n) is 2.58. The number of H-pyrrole nitrogens is 1. The summed E-state index contributed by atoms with van der Waals surface area (Å²) in [7, 11) is 0. The first kappa shape index (κ1) is 16.0. The highest BCUT2D eigenvalue weighted by Crippen LogP contribution is 2.33. The van der Waals surface area contributed by atoms with Crippen LogP contribution in [0.3, 0.4) is 0 Å². The third-order valence-electron chi connectivity index (χ3n) is 3.67.